The number of rotatable bonds is 0. The van der Waals surface area contributed by atoms with Crippen LogP contribution >= 0.6 is 0 Å². The average molecular weight is 1390 g/mol. The molecule has 16 aromatic rings. The third-order valence-corrected chi connectivity index (χ3v) is 13.9. The molecule has 0 N–H and O–H groups in total. The predicted molar refractivity (Wildman–Crippen MR) is 445 cm³/mol. The molecular formula is C88H112N16. The number of pyridine rings is 16. The second-order valence-corrected chi connectivity index (χ2v) is 20.2. The van der Waals surface area contributed by atoms with Crippen LogP contribution in [0, 0.1) is 55.4 Å². The number of hydrogen-bond donors (Lipinski definition) is 0. The van der Waals surface area contributed by atoms with E-state index in [9.17, 15) is 0 Å². The standard InChI is InChI=1S/8C9H8N2.8C2H6/c1-7-2-5-11-9-6-10-4-3-8(7)9;1-7-9-6-10-4-2-8(9)3-5-11-7;1-7-4-11-6-8-5-10-3-2-9(7)8;1-7-4-11-5-8-2-3-10-6-9(7)8;1-7-9-8(4-6-10-7)3-2-5-11-9;1-7-4-6-11-9-8(7)3-2-5-10-9;1-7-5-10-6-9-8(7)3-2-4-11-9;1-7-5-10-6-8-3-2-4-11-9(7)8;8*1-2/h8*2-6H,1H3;8*1-2H3. The van der Waals surface area contributed by atoms with Crippen LogP contribution in [0.25, 0.3) is 87.0 Å². The summed E-state index contributed by atoms with van der Waals surface area (Å²) < 4.78 is 0. The minimum atomic E-state index is 0.826. The Hall–Kier alpha value is -11.5. The Bertz CT molecular complexity index is 3950. The van der Waals surface area contributed by atoms with Gasteiger partial charge in [-0.1, -0.05) is 123 Å². The van der Waals surface area contributed by atoms with Gasteiger partial charge in [0.15, 0.2) is 5.65 Å². The van der Waals surface area contributed by atoms with Crippen molar-refractivity contribution in [1.82, 2.24) is 79.7 Å². The zero-order chi connectivity index (χ0) is 77.5. The van der Waals surface area contributed by atoms with Crippen LogP contribution in [0.5, 0.6) is 0 Å². The SMILES string of the molecule is CC.CC.CC.CC.CC.CC.CC.CC.Cc1ccnc2cnccc12.Cc1ccnc2ncccc12.Cc1cncc2cccnc12.Cc1cncc2ccncc12.Cc1cncc2cnccc12.Cc1cncc2ncccc12.Cc1nccc2cccnc12.Cc1nccc2ccncc12. The van der Waals surface area contributed by atoms with Gasteiger partial charge in [-0.3, -0.25) is 69.8 Å². The molecule has 16 heterocycles. The molecule has 16 nitrogen and oxygen atoms in total. The third kappa shape index (κ3) is 29.6. The first kappa shape index (κ1) is 90.5. The third-order valence-electron chi connectivity index (χ3n) is 13.9. The van der Waals surface area contributed by atoms with E-state index in [1.165, 1.54) is 54.7 Å². The molecule has 0 aliphatic heterocycles. The van der Waals surface area contributed by atoms with Gasteiger partial charge in [0.05, 0.1) is 40.2 Å². The minimum absolute atomic E-state index is 0.826. The lowest BCUT2D eigenvalue weighted by atomic mass is 10.1. The normalized spacial score (nSPS) is 9.15. The lowest BCUT2D eigenvalue weighted by Crippen LogP contribution is -1.84. The second-order valence-electron chi connectivity index (χ2n) is 20.2. The quantitative estimate of drug-likeness (QED) is 0.138. The Balaban J connectivity index is 0.000000578. The fourth-order valence-corrected chi connectivity index (χ4v) is 9.15. The smallest absolute Gasteiger partial charge is 0.159 e. The summed E-state index contributed by atoms with van der Waals surface area (Å²) in [4.78, 5) is 65.8. The fourth-order valence-electron chi connectivity index (χ4n) is 9.15. The Kier molecular flexibility index (Phi) is 48.0. The van der Waals surface area contributed by atoms with Crippen LogP contribution in [0.3, 0.4) is 0 Å². The molecule has 544 valence electrons. The first-order valence-electron chi connectivity index (χ1n) is 36.2. The summed E-state index contributed by atoms with van der Waals surface area (Å²) in [5.74, 6) is 0. The van der Waals surface area contributed by atoms with E-state index in [1.54, 1.807) is 80.6 Å². The van der Waals surface area contributed by atoms with Crippen molar-refractivity contribution >= 4 is 87.0 Å². The van der Waals surface area contributed by atoms with Gasteiger partial charge < -0.3 is 0 Å². The molecule has 16 rings (SSSR count). The zero-order valence-electron chi connectivity index (χ0n) is 66.2. The van der Waals surface area contributed by atoms with E-state index in [0.717, 1.165) is 77.0 Å². The molecule has 0 fully saturated rings. The molecule has 104 heavy (non-hydrogen) atoms. The van der Waals surface area contributed by atoms with Crippen molar-refractivity contribution in [2.45, 2.75) is 166 Å². The van der Waals surface area contributed by atoms with Crippen molar-refractivity contribution in [1.29, 1.82) is 0 Å². The summed E-state index contributed by atoms with van der Waals surface area (Å²) in [5.41, 5.74) is 14.0. The summed E-state index contributed by atoms with van der Waals surface area (Å²) in [6.07, 6.45) is 43.5. The summed E-state index contributed by atoms with van der Waals surface area (Å²) >= 11 is 0. The van der Waals surface area contributed by atoms with Crippen LogP contribution in [-0.2, 0) is 0 Å². The van der Waals surface area contributed by atoms with Gasteiger partial charge in [-0.2, -0.15) is 0 Å². The molecule has 0 radical (unpaired) electrons. The monoisotopic (exact) mass is 1390 g/mol. The molecule has 0 amide bonds. The van der Waals surface area contributed by atoms with E-state index in [0.29, 0.717) is 0 Å². The minimum Gasteiger partial charge on any atom is -0.264 e. The summed E-state index contributed by atoms with van der Waals surface area (Å²) in [6, 6.07) is 31.8. The molecule has 0 aliphatic carbocycles. The topological polar surface area (TPSA) is 206 Å². The highest BCUT2D eigenvalue weighted by Crippen LogP contribution is 2.19. The van der Waals surface area contributed by atoms with E-state index in [4.69, 9.17) is 0 Å². The van der Waals surface area contributed by atoms with Gasteiger partial charge in [-0.15, -0.1) is 0 Å². The van der Waals surface area contributed by atoms with Gasteiger partial charge in [0, 0.05) is 191 Å². The number of aryl methyl sites for hydroxylation is 8. The van der Waals surface area contributed by atoms with E-state index in [1.807, 2.05) is 305 Å². The van der Waals surface area contributed by atoms with Crippen LogP contribution < -0.4 is 0 Å². The maximum Gasteiger partial charge on any atom is 0.159 e. The second kappa shape index (κ2) is 55.2. The Morgan fingerprint density at radius 2 is 0.548 bits per heavy atom. The van der Waals surface area contributed by atoms with Crippen molar-refractivity contribution in [3.8, 4) is 0 Å². The number of hydrogen-bond acceptors (Lipinski definition) is 16. The van der Waals surface area contributed by atoms with E-state index in [2.05, 4.69) is 107 Å². The van der Waals surface area contributed by atoms with Crippen LogP contribution in [-0.4, -0.2) is 79.7 Å². The molecule has 0 aromatic carbocycles. The van der Waals surface area contributed by atoms with Crippen molar-refractivity contribution in [2.24, 2.45) is 0 Å². The van der Waals surface area contributed by atoms with Gasteiger partial charge in [-0.05, 0) is 184 Å². The van der Waals surface area contributed by atoms with Gasteiger partial charge in [-0.25, -0.2) is 9.97 Å². The van der Waals surface area contributed by atoms with E-state index in [-0.39, 0.29) is 0 Å². The number of aromatic nitrogens is 16. The molecule has 16 aromatic heterocycles. The summed E-state index contributed by atoms with van der Waals surface area (Å²) in [5, 5.41) is 12.8. The molecule has 0 saturated heterocycles. The van der Waals surface area contributed by atoms with Crippen LogP contribution in [0.4, 0.5) is 0 Å². The molecule has 0 unspecified atom stereocenters. The van der Waals surface area contributed by atoms with Crippen molar-refractivity contribution in [3.63, 3.8) is 0 Å². The Morgan fingerprint density at radius 3 is 1.12 bits per heavy atom. The molecule has 0 aliphatic rings. The summed E-state index contributed by atoms with van der Waals surface area (Å²) in [6.45, 7) is 48.2. The molecule has 0 bridgehead atoms. The molecular weight excluding hydrogens is 1280 g/mol. The number of nitrogens with zero attached hydrogens (tertiary/aromatic N) is 16. The maximum atomic E-state index is 4.24. The van der Waals surface area contributed by atoms with Gasteiger partial charge >= 0.3 is 0 Å². The van der Waals surface area contributed by atoms with Crippen LogP contribution in [0.15, 0.2) is 246 Å². The Labute approximate surface area is 620 Å². The first-order valence-corrected chi connectivity index (χ1v) is 36.2. The Morgan fingerprint density at radius 1 is 0.183 bits per heavy atom. The van der Waals surface area contributed by atoms with Gasteiger partial charge in [0.2, 0.25) is 0 Å². The van der Waals surface area contributed by atoms with Crippen molar-refractivity contribution < 1.29 is 0 Å². The molecule has 0 spiro atoms. The largest absolute Gasteiger partial charge is 0.264 e. The van der Waals surface area contributed by atoms with Gasteiger partial charge in [0.1, 0.15) is 0 Å². The van der Waals surface area contributed by atoms with Crippen LogP contribution in [0.1, 0.15) is 156 Å². The van der Waals surface area contributed by atoms with E-state index >= 15 is 0 Å². The highest BCUT2D eigenvalue weighted by Gasteiger charge is 2.01. The molecule has 0 saturated carbocycles. The summed E-state index contributed by atoms with van der Waals surface area (Å²) in [7, 11) is 0. The van der Waals surface area contributed by atoms with Gasteiger partial charge in [0.25, 0.3) is 0 Å². The average Bonchev–Trinajstić information content (AvgIpc) is 0.963. The molecule has 0 atom stereocenters. The predicted octanol–water partition coefficient (Wildman–Crippen LogP) is 23.7. The van der Waals surface area contributed by atoms with Crippen molar-refractivity contribution in [3.05, 3.63) is 291 Å². The highest BCUT2D eigenvalue weighted by atomic mass is 14.8. The fraction of sp³-hybridized carbons (Fsp3) is 0.273. The number of fused-ring (bicyclic) bond motifs is 8. The lowest BCUT2D eigenvalue weighted by Gasteiger charge is -1.97. The van der Waals surface area contributed by atoms with E-state index < -0.39 is 0 Å². The van der Waals surface area contributed by atoms with Crippen molar-refractivity contribution in [2.75, 3.05) is 0 Å². The van der Waals surface area contributed by atoms with Crippen LogP contribution in [0.2, 0.25) is 0 Å². The highest BCUT2D eigenvalue weighted by molar-refractivity contribution is 5.86. The lowest BCUT2D eigenvalue weighted by molar-refractivity contribution is 1.20. The first-order chi connectivity index (χ1) is 51.0. The maximum absolute atomic E-state index is 4.24. The molecule has 16 heteroatoms. The zero-order valence-corrected chi connectivity index (χ0v) is 66.2.